The molecule has 0 amide bonds. The maximum atomic E-state index is 11.1. The maximum Gasteiger partial charge on any atom is 0.292 e. The first kappa shape index (κ1) is 13.6. The molecule has 1 aromatic rings. The fourth-order valence-corrected chi connectivity index (χ4v) is 2.56. The van der Waals surface area contributed by atoms with Gasteiger partial charge >= 0.3 is 0 Å². The molecule has 2 N–H and O–H groups in total. The Kier molecular flexibility index (Phi) is 3.90. The van der Waals surface area contributed by atoms with Crippen molar-refractivity contribution in [2.45, 2.75) is 31.2 Å². The van der Waals surface area contributed by atoms with E-state index in [4.69, 9.17) is 4.74 Å². The number of hydrogen-bond acceptors (Lipinski definition) is 5. The summed E-state index contributed by atoms with van der Waals surface area (Å²) in [5.41, 5.74) is -0.0438. The number of nitro benzene ring substituents is 1. The summed E-state index contributed by atoms with van der Waals surface area (Å²) < 4.78 is 5.10. The monoisotopic (exact) mass is 266 g/mol. The van der Waals surface area contributed by atoms with Crippen LogP contribution in [-0.2, 0) is 0 Å². The molecular formula is C13H18N2O4. The van der Waals surface area contributed by atoms with Crippen LogP contribution in [0.3, 0.4) is 0 Å². The third-order valence-electron chi connectivity index (χ3n) is 3.66. The molecule has 0 saturated heterocycles. The average Bonchev–Trinajstić information content (AvgIpc) is 2.87. The summed E-state index contributed by atoms with van der Waals surface area (Å²) in [4.78, 5) is 10.6. The zero-order chi connectivity index (χ0) is 13.9. The molecule has 0 unspecified atom stereocenters. The predicted molar refractivity (Wildman–Crippen MR) is 71.6 cm³/mol. The van der Waals surface area contributed by atoms with Crippen molar-refractivity contribution in [3.63, 3.8) is 0 Å². The highest BCUT2D eigenvalue weighted by Gasteiger charge is 2.34. The highest BCUT2D eigenvalue weighted by molar-refractivity contribution is 5.65. The number of aliphatic hydroxyl groups excluding tert-OH is 1. The van der Waals surface area contributed by atoms with Crippen molar-refractivity contribution in [1.29, 1.82) is 0 Å². The molecule has 19 heavy (non-hydrogen) atoms. The van der Waals surface area contributed by atoms with Crippen LogP contribution >= 0.6 is 0 Å². The molecular weight excluding hydrogens is 248 g/mol. The summed E-state index contributed by atoms with van der Waals surface area (Å²) in [5, 5.41) is 23.8. The topological polar surface area (TPSA) is 84.6 Å². The Labute approximate surface area is 111 Å². The lowest BCUT2D eigenvalue weighted by Crippen LogP contribution is -2.39. The van der Waals surface area contributed by atoms with Gasteiger partial charge in [0.15, 0.2) is 0 Å². The van der Waals surface area contributed by atoms with Crippen LogP contribution in [0.5, 0.6) is 5.75 Å². The summed E-state index contributed by atoms with van der Waals surface area (Å²) in [5.74, 6) is 0.555. The van der Waals surface area contributed by atoms with E-state index < -0.39 is 10.5 Å². The molecule has 0 bridgehead atoms. The molecule has 1 aliphatic carbocycles. The lowest BCUT2D eigenvalue weighted by Gasteiger charge is -2.29. The Hall–Kier alpha value is -1.82. The number of nitrogens with one attached hydrogen (secondary N) is 1. The number of aliphatic hydroxyl groups is 1. The first-order valence-electron chi connectivity index (χ1n) is 6.32. The van der Waals surface area contributed by atoms with Crippen molar-refractivity contribution in [3.05, 3.63) is 28.3 Å². The number of anilines is 1. The number of benzene rings is 1. The van der Waals surface area contributed by atoms with Gasteiger partial charge in [-0.3, -0.25) is 10.1 Å². The van der Waals surface area contributed by atoms with Gasteiger partial charge in [0, 0.05) is 12.1 Å². The zero-order valence-electron chi connectivity index (χ0n) is 10.9. The Morgan fingerprint density at radius 2 is 2.16 bits per heavy atom. The molecule has 0 atom stereocenters. The molecule has 0 spiro atoms. The van der Waals surface area contributed by atoms with Gasteiger partial charge in [0.1, 0.15) is 11.4 Å². The third kappa shape index (κ3) is 2.78. The SMILES string of the molecule is COc1ccc([N+](=O)[O-])c(NC2(CO)CCCC2)c1. The maximum absolute atomic E-state index is 11.1. The number of hydrogen-bond donors (Lipinski definition) is 2. The normalized spacial score (nSPS) is 17.2. The van der Waals surface area contributed by atoms with Gasteiger partial charge in [-0.2, -0.15) is 0 Å². The van der Waals surface area contributed by atoms with Gasteiger partial charge in [-0.25, -0.2) is 0 Å². The molecule has 6 heteroatoms. The van der Waals surface area contributed by atoms with E-state index in [9.17, 15) is 15.2 Å². The van der Waals surface area contributed by atoms with E-state index in [0.29, 0.717) is 11.4 Å². The third-order valence-corrected chi connectivity index (χ3v) is 3.66. The quantitative estimate of drug-likeness (QED) is 0.631. The Morgan fingerprint density at radius 3 is 2.68 bits per heavy atom. The second kappa shape index (κ2) is 5.44. The fraction of sp³-hybridized carbons (Fsp3) is 0.538. The van der Waals surface area contributed by atoms with Gasteiger partial charge < -0.3 is 15.2 Å². The van der Waals surface area contributed by atoms with E-state index >= 15 is 0 Å². The lowest BCUT2D eigenvalue weighted by molar-refractivity contribution is -0.384. The smallest absolute Gasteiger partial charge is 0.292 e. The van der Waals surface area contributed by atoms with Crippen molar-refractivity contribution in [3.8, 4) is 5.75 Å². The van der Waals surface area contributed by atoms with E-state index in [1.165, 1.54) is 13.2 Å². The summed E-state index contributed by atoms with van der Waals surface area (Å²) in [6.07, 6.45) is 3.67. The van der Waals surface area contributed by atoms with Crippen molar-refractivity contribution < 1.29 is 14.8 Å². The molecule has 1 saturated carbocycles. The van der Waals surface area contributed by atoms with Crippen LogP contribution in [0, 0.1) is 10.1 Å². The van der Waals surface area contributed by atoms with Crippen molar-refractivity contribution >= 4 is 11.4 Å². The Bertz CT molecular complexity index is 470. The molecule has 0 heterocycles. The van der Waals surface area contributed by atoms with Gasteiger partial charge in [0.05, 0.1) is 24.2 Å². The molecule has 0 aromatic heterocycles. The zero-order valence-corrected chi connectivity index (χ0v) is 10.9. The molecule has 1 aliphatic rings. The van der Waals surface area contributed by atoms with Gasteiger partial charge in [-0.05, 0) is 18.9 Å². The van der Waals surface area contributed by atoms with E-state index in [0.717, 1.165) is 25.7 Å². The van der Waals surface area contributed by atoms with Crippen LogP contribution in [0.4, 0.5) is 11.4 Å². The molecule has 1 aromatic carbocycles. The van der Waals surface area contributed by atoms with E-state index in [2.05, 4.69) is 5.32 Å². The summed E-state index contributed by atoms with van der Waals surface area (Å²) >= 11 is 0. The summed E-state index contributed by atoms with van der Waals surface area (Å²) in [6.45, 7) is -0.0264. The Balaban J connectivity index is 2.33. The van der Waals surface area contributed by atoms with Gasteiger partial charge in [0.25, 0.3) is 5.69 Å². The van der Waals surface area contributed by atoms with Crippen LogP contribution in [0.15, 0.2) is 18.2 Å². The summed E-state index contributed by atoms with van der Waals surface area (Å²) in [7, 11) is 1.52. The standard InChI is InChI=1S/C13H18N2O4/c1-19-10-4-5-12(15(17)18)11(8-10)14-13(9-16)6-2-3-7-13/h4-5,8,14,16H,2-3,6-7,9H2,1H3. The average molecular weight is 266 g/mol. The van der Waals surface area contributed by atoms with Crippen LogP contribution in [0.2, 0.25) is 0 Å². The number of nitro groups is 1. The van der Waals surface area contributed by atoms with Crippen molar-refractivity contribution in [2.24, 2.45) is 0 Å². The van der Waals surface area contributed by atoms with Crippen LogP contribution in [-0.4, -0.2) is 29.3 Å². The van der Waals surface area contributed by atoms with Crippen LogP contribution < -0.4 is 10.1 Å². The minimum absolute atomic E-state index is 0.000486. The highest BCUT2D eigenvalue weighted by atomic mass is 16.6. The Morgan fingerprint density at radius 1 is 1.47 bits per heavy atom. The fourth-order valence-electron chi connectivity index (χ4n) is 2.56. The largest absolute Gasteiger partial charge is 0.497 e. The minimum Gasteiger partial charge on any atom is -0.497 e. The van der Waals surface area contributed by atoms with Crippen LogP contribution in [0.25, 0.3) is 0 Å². The first-order valence-corrected chi connectivity index (χ1v) is 6.32. The molecule has 1 fully saturated rings. The lowest BCUT2D eigenvalue weighted by atomic mass is 9.98. The number of rotatable bonds is 5. The second-order valence-corrected chi connectivity index (χ2v) is 4.91. The van der Waals surface area contributed by atoms with E-state index in [-0.39, 0.29) is 12.3 Å². The first-order chi connectivity index (χ1) is 9.10. The van der Waals surface area contributed by atoms with E-state index in [1.54, 1.807) is 12.1 Å². The molecule has 104 valence electrons. The van der Waals surface area contributed by atoms with Gasteiger partial charge in [-0.1, -0.05) is 12.8 Å². The summed E-state index contributed by atoms with van der Waals surface area (Å²) in [6, 6.07) is 4.58. The predicted octanol–water partition coefficient (Wildman–Crippen LogP) is 2.32. The van der Waals surface area contributed by atoms with Crippen LogP contribution in [0.1, 0.15) is 25.7 Å². The number of nitrogens with zero attached hydrogens (tertiary/aromatic N) is 1. The molecule has 2 rings (SSSR count). The molecule has 6 nitrogen and oxygen atoms in total. The van der Waals surface area contributed by atoms with E-state index in [1.807, 2.05) is 0 Å². The number of ether oxygens (including phenoxy) is 1. The number of methoxy groups -OCH3 is 1. The highest BCUT2D eigenvalue weighted by Crippen LogP contribution is 2.37. The van der Waals surface area contributed by atoms with Gasteiger partial charge in [-0.15, -0.1) is 0 Å². The molecule has 0 radical (unpaired) electrons. The minimum atomic E-state index is -0.447. The second-order valence-electron chi connectivity index (χ2n) is 4.91. The molecule has 0 aliphatic heterocycles. The van der Waals surface area contributed by atoms with Crippen molar-refractivity contribution in [2.75, 3.05) is 19.0 Å². The van der Waals surface area contributed by atoms with Gasteiger partial charge in [0.2, 0.25) is 0 Å². The van der Waals surface area contributed by atoms with Crippen molar-refractivity contribution in [1.82, 2.24) is 0 Å².